The summed E-state index contributed by atoms with van der Waals surface area (Å²) in [4.78, 5) is 14.3. The Labute approximate surface area is 129 Å². The van der Waals surface area contributed by atoms with Crippen molar-refractivity contribution in [3.8, 4) is 0 Å². The van der Waals surface area contributed by atoms with Gasteiger partial charge in [0.25, 0.3) is 5.91 Å². The van der Waals surface area contributed by atoms with Crippen LogP contribution in [0.1, 0.15) is 27.0 Å². The van der Waals surface area contributed by atoms with Crippen molar-refractivity contribution in [3.63, 3.8) is 0 Å². The molecule has 0 bridgehead atoms. The van der Waals surface area contributed by atoms with Gasteiger partial charge in [0, 0.05) is 12.1 Å². The Bertz CT molecular complexity index is 714. The number of hydrogen-bond donors (Lipinski definition) is 1. The van der Waals surface area contributed by atoms with Crippen LogP contribution < -0.4 is 0 Å². The minimum atomic E-state index is -0.385. The highest BCUT2D eigenvalue weighted by Gasteiger charge is 2.29. The number of aliphatic hydroxyl groups excluding tert-OH is 1. The van der Waals surface area contributed by atoms with E-state index in [1.165, 1.54) is 6.07 Å². The quantitative estimate of drug-likeness (QED) is 0.926. The molecule has 0 aromatic heterocycles. The summed E-state index contributed by atoms with van der Waals surface area (Å²) in [5.74, 6) is -0.628. The minimum absolute atomic E-state index is 0.103. The molecular weight excluding hydrogens is 281 g/mol. The van der Waals surface area contributed by atoms with E-state index in [-0.39, 0.29) is 24.4 Å². The smallest absolute Gasteiger partial charge is 0.254 e. The molecule has 1 atom stereocenters. The van der Waals surface area contributed by atoms with Crippen molar-refractivity contribution in [2.24, 2.45) is 0 Å². The first-order valence-electron chi connectivity index (χ1n) is 7.35. The molecule has 1 heterocycles. The number of hydrogen-bond acceptors (Lipinski definition) is 2. The summed E-state index contributed by atoms with van der Waals surface area (Å²) in [5, 5.41) is 9.61. The van der Waals surface area contributed by atoms with Gasteiger partial charge in [0.1, 0.15) is 5.82 Å². The Morgan fingerprint density at radius 1 is 1.27 bits per heavy atom. The van der Waals surface area contributed by atoms with Crippen molar-refractivity contribution in [1.29, 1.82) is 0 Å². The molecule has 3 nitrogen and oxygen atoms in total. The Morgan fingerprint density at radius 3 is 2.68 bits per heavy atom. The fourth-order valence-electron chi connectivity index (χ4n) is 2.88. The van der Waals surface area contributed by atoms with Crippen molar-refractivity contribution in [3.05, 3.63) is 70.5 Å². The number of carbonyl (C=O) groups is 1. The van der Waals surface area contributed by atoms with Gasteiger partial charge in [-0.1, -0.05) is 30.3 Å². The highest BCUT2D eigenvalue weighted by atomic mass is 19.1. The molecule has 3 rings (SSSR count). The lowest BCUT2D eigenvalue weighted by molar-refractivity contribution is 0.0543. The lowest BCUT2D eigenvalue weighted by atomic mass is 9.93. The van der Waals surface area contributed by atoms with Crippen LogP contribution in [0.5, 0.6) is 0 Å². The molecule has 1 aliphatic rings. The fourth-order valence-corrected chi connectivity index (χ4v) is 2.88. The molecule has 4 heteroatoms. The first-order valence-corrected chi connectivity index (χ1v) is 7.35. The Hall–Kier alpha value is -2.20. The number of nitrogens with zero attached hydrogens (tertiary/aromatic N) is 1. The van der Waals surface area contributed by atoms with E-state index >= 15 is 0 Å². The number of rotatable bonds is 2. The van der Waals surface area contributed by atoms with Crippen LogP contribution in [0.3, 0.4) is 0 Å². The molecule has 1 N–H and O–H groups in total. The zero-order chi connectivity index (χ0) is 15.7. The lowest BCUT2D eigenvalue weighted by Gasteiger charge is -2.36. The molecule has 2 aromatic rings. The van der Waals surface area contributed by atoms with E-state index in [1.54, 1.807) is 24.0 Å². The third-order valence-electron chi connectivity index (χ3n) is 4.25. The van der Waals surface area contributed by atoms with Gasteiger partial charge in [-0.15, -0.1) is 0 Å². The van der Waals surface area contributed by atoms with E-state index in [4.69, 9.17) is 0 Å². The Kier molecular flexibility index (Phi) is 3.94. The van der Waals surface area contributed by atoms with E-state index in [0.29, 0.717) is 24.1 Å². The van der Waals surface area contributed by atoms with Crippen LogP contribution in [0, 0.1) is 12.7 Å². The number of halogens is 1. The van der Waals surface area contributed by atoms with Crippen molar-refractivity contribution in [1.82, 2.24) is 4.90 Å². The SMILES string of the molecule is Cc1ccc(C(=O)N2Cc3ccccc3C[C@H]2CO)cc1F. The molecule has 1 amide bonds. The second-order valence-electron chi connectivity index (χ2n) is 5.71. The third kappa shape index (κ3) is 2.62. The normalized spacial score (nSPS) is 17.2. The van der Waals surface area contributed by atoms with E-state index in [9.17, 15) is 14.3 Å². The van der Waals surface area contributed by atoms with Crippen LogP contribution in [0.25, 0.3) is 0 Å². The summed E-state index contributed by atoms with van der Waals surface area (Å²) in [6.45, 7) is 2.00. The highest BCUT2D eigenvalue weighted by molar-refractivity contribution is 5.94. The number of carbonyl (C=O) groups excluding carboxylic acids is 1. The van der Waals surface area contributed by atoms with Crippen LogP contribution in [0.15, 0.2) is 42.5 Å². The summed E-state index contributed by atoms with van der Waals surface area (Å²) < 4.78 is 13.7. The van der Waals surface area contributed by atoms with Crippen molar-refractivity contribution >= 4 is 5.91 Å². The fraction of sp³-hybridized carbons (Fsp3) is 0.278. The van der Waals surface area contributed by atoms with Gasteiger partial charge >= 0.3 is 0 Å². The largest absolute Gasteiger partial charge is 0.394 e. The van der Waals surface area contributed by atoms with Gasteiger partial charge in [-0.3, -0.25) is 4.79 Å². The van der Waals surface area contributed by atoms with Crippen molar-refractivity contribution in [2.75, 3.05) is 6.61 Å². The first-order chi connectivity index (χ1) is 10.6. The van der Waals surface area contributed by atoms with E-state index in [2.05, 4.69) is 0 Å². The van der Waals surface area contributed by atoms with Crippen LogP contribution in [0.2, 0.25) is 0 Å². The third-order valence-corrected chi connectivity index (χ3v) is 4.25. The summed E-state index contributed by atoms with van der Waals surface area (Å²) in [6, 6.07) is 12.1. The molecule has 114 valence electrons. The average molecular weight is 299 g/mol. The Morgan fingerprint density at radius 2 is 2.00 bits per heavy atom. The monoisotopic (exact) mass is 299 g/mol. The van der Waals surface area contributed by atoms with E-state index in [1.807, 2.05) is 24.3 Å². The zero-order valence-electron chi connectivity index (χ0n) is 12.4. The summed E-state index contributed by atoms with van der Waals surface area (Å²) in [6.07, 6.45) is 0.618. The molecule has 0 saturated carbocycles. The maximum Gasteiger partial charge on any atom is 0.254 e. The molecule has 1 aliphatic heterocycles. The predicted octanol–water partition coefficient (Wildman–Crippen LogP) is 2.69. The maximum atomic E-state index is 13.7. The molecule has 0 unspecified atom stereocenters. The Balaban J connectivity index is 1.92. The van der Waals surface area contributed by atoms with Crippen LogP contribution in [0.4, 0.5) is 4.39 Å². The van der Waals surface area contributed by atoms with Crippen molar-refractivity contribution < 1.29 is 14.3 Å². The van der Waals surface area contributed by atoms with Gasteiger partial charge in [-0.2, -0.15) is 0 Å². The van der Waals surface area contributed by atoms with Crippen LogP contribution >= 0.6 is 0 Å². The number of benzene rings is 2. The topological polar surface area (TPSA) is 40.5 Å². The molecule has 0 fully saturated rings. The summed E-state index contributed by atoms with van der Waals surface area (Å²) in [7, 11) is 0. The van der Waals surface area contributed by atoms with E-state index < -0.39 is 0 Å². The van der Waals surface area contributed by atoms with Crippen LogP contribution in [-0.2, 0) is 13.0 Å². The average Bonchev–Trinajstić information content (AvgIpc) is 2.55. The standard InChI is InChI=1S/C18H18FNO2/c1-12-6-7-14(9-17(12)19)18(22)20-10-15-5-3-2-4-13(15)8-16(20)11-21/h2-7,9,16,21H,8,10-11H2,1H3/t16-/m0/s1. The number of aliphatic hydroxyl groups is 1. The van der Waals surface area contributed by atoms with Gasteiger partial charge in [0.05, 0.1) is 12.6 Å². The second kappa shape index (κ2) is 5.89. The van der Waals surface area contributed by atoms with Gasteiger partial charge in [0.15, 0.2) is 0 Å². The van der Waals surface area contributed by atoms with Crippen molar-refractivity contribution in [2.45, 2.75) is 25.9 Å². The number of aryl methyl sites for hydroxylation is 1. The lowest BCUT2D eigenvalue weighted by Crippen LogP contribution is -2.46. The molecule has 22 heavy (non-hydrogen) atoms. The van der Waals surface area contributed by atoms with Gasteiger partial charge in [0.2, 0.25) is 0 Å². The van der Waals surface area contributed by atoms with Crippen LogP contribution in [-0.4, -0.2) is 28.6 Å². The molecule has 0 radical (unpaired) electrons. The summed E-state index contributed by atoms with van der Waals surface area (Å²) in [5.41, 5.74) is 3.06. The van der Waals surface area contributed by atoms with E-state index in [0.717, 1.165) is 11.1 Å². The molecule has 0 saturated heterocycles. The maximum absolute atomic E-state index is 13.7. The highest BCUT2D eigenvalue weighted by Crippen LogP contribution is 2.25. The first kappa shape index (κ1) is 14.7. The predicted molar refractivity (Wildman–Crippen MR) is 82.0 cm³/mol. The number of fused-ring (bicyclic) bond motifs is 1. The van der Waals surface area contributed by atoms with Gasteiger partial charge in [-0.05, 0) is 42.2 Å². The minimum Gasteiger partial charge on any atom is -0.394 e. The van der Waals surface area contributed by atoms with Gasteiger partial charge in [-0.25, -0.2) is 4.39 Å². The van der Waals surface area contributed by atoms with Gasteiger partial charge < -0.3 is 10.0 Å². The molecule has 2 aromatic carbocycles. The molecule has 0 spiro atoms. The number of amides is 1. The molecule has 0 aliphatic carbocycles. The summed E-state index contributed by atoms with van der Waals surface area (Å²) >= 11 is 0. The zero-order valence-corrected chi connectivity index (χ0v) is 12.4. The molecular formula is C18H18FNO2. The second-order valence-corrected chi connectivity index (χ2v) is 5.71.